The first kappa shape index (κ1) is 14.4. The standard InChI is InChI=1S/C14H19N3O3/c1-10-4-3-6-16(7-5-10)14(18)13-8-12(17(19)20)9-15-11(13)2/h8-10H,3-7H2,1-2H3. The number of amides is 1. The first-order valence-corrected chi connectivity index (χ1v) is 6.89. The Morgan fingerprint density at radius 1 is 1.45 bits per heavy atom. The van der Waals surface area contributed by atoms with Crippen LogP contribution in [0.5, 0.6) is 0 Å². The van der Waals surface area contributed by atoms with Crippen LogP contribution >= 0.6 is 0 Å². The molecule has 1 amide bonds. The van der Waals surface area contributed by atoms with Crippen molar-refractivity contribution in [1.29, 1.82) is 0 Å². The van der Waals surface area contributed by atoms with Gasteiger partial charge in [0.25, 0.3) is 11.6 Å². The van der Waals surface area contributed by atoms with Gasteiger partial charge in [0.15, 0.2) is 0 Å². The second-order valence-electron chi connectivity index (χ2n) is 5.41. The van der Waals surface area contributed by atoms with Crippen LogP contribution in [0.15, 0.2) is 12.3 Å². The van der Waals surface area contributed by atoms with Crippen LogP contribution in [0.3, 0.4) is 0 Å². The lowest BCUT2D eigenvalue weighted by Crippen LogP contribution is -2.32. The third-order valence-electron chi connectivity index (χ3n) is 3.82. The van der Waals surface area contributed by atoms with E-state index in [-0.39, 0.29) is 11.6 Å². The van der Waals surface area contributed by atoms with Crippen molar-refractivity contribution < 1.29 is 9.72 Å². The van der Waals surface area contributed by atoms with Crippen LogP contribution in [-0.2, 0) is 0 Å². The quantitative estimate of drug-likeness (QED) is 0.615. The minimum Gasteiger partial charge on any atom is -0.339 e. The molecule has 1 fully saturated rings. The van der Waals surface area contributed by atoms with E-state index in [0.29, 0.717) is 30.3 Å². The molecule has 1 aromatic heterocycles. The first-order valence-electron chi connectivity index (χ1n) is 6.89. The molecule has 0 radical (unpaired) electrons. The Labute approximate surface area is 118 Å². The van der Waals surface area contributed by atoms with Crippen LogP contribution in [0.4, 0.5) is 5.69 Å². The highest BCUT2D eigenvalue weighted by Gasteiger charge is 2.23. The van der Waals surface area contributed by atoms with Gasteiger partial charge < -0.3 is 4.90 Å². The van der Waals surface area contributed by atoms with Gasteiger partial charge in [-0.25, -0.2) is 0 Å². The predicted molar refractivity (Wildman–Crippen MR) is 74.5 cm³/mol. The number of hydrogen-bond acceptors (Lipinski definition) is 4. The summed E-state index contributed by atoms with van der Waals surface area (Å²) in [6.07, 6.45) is 4.27. The largest absolute Gasteiger partial charge is 0.339 e. The molecule has 20 heavy (non-hydrogen) atoms. The van der Waals surface area contributed by atoms with E-state index in [1.807, 2.05) is 0 Å². The van der Waals surface area contributed by atoms with Gasteiger partial charge in [-0.2, -0.15) is 0 Å². The second-order valence-corrected chi connectivity index (χ2v) is 5.41. The Hall–Kier alpha value is -1.98. The molecule has 0 bridgehead atoms. The Bertz CT molecular complexity index is 530. The molecule has 0 N–H and O–H groups in total. The summed E-state index contributed by atoms with van der Waals surface area (Å²) in [5.41, 5.74) is 0.744. The molecule has 1 unspecified atom stereocenters. The van der Waals surface area contributed by atoms with Crippen molar-refractivity contribution in [2.75, 3.05) is 13.1 Å². The normalized spacial score (nSPS) is 19.5. The highest BCUT2D eigenvalue weighted by Crippen LogP contribution is 2.21. The van der Waals surface area contributed by atoms with Crippen LogP contribution < -0.4 is 0 Å². The minimum absolute atomic E-state index is 0.137. The maximum atomic E-state index is 12.5. The monoisotopic (exact) mass is 277 g/mol. The van der Waals surface area contributed by atoms with Crippen LogP contribution in [0, 0.1) is 23.0 Å². The predicted octanol–water partition coefficient (Wildman–Crippen LogP) is 2.56. The molecule has 6 nitrogen and oxygen atoms in total. The Kier molecular flexibility index (Phi) is 4.32. The molecule has 6 heteroatoms. The van der Waals surface area contributed by atoms with Gasteiger partial charge >= 0.3 is 0 Å². The van der Waals surface area contributed by atoms with Crippen LogP contribution in [0.2, 0.25) is 0 Å². The minimum atomic E-state index is -0.520. The summed E-state index contributed by atoms with van der Waals surface area (Å²) in [6.45, 7) is 5.32. The summed E-state index contributed by atoms with van der Waals surface area (Å²) in [6, 6.07) is 1.33. The SMILES string of the molecule is Cc1ncc([N+](=O)[O-])cc1C(=O)N1CCCC(C)CC1. The summed E-state index contributed by atoms with van der Waals surface area (Å²) in [7, 11) is 0. The number of nitro groups is 1. The summed E-state index contributed by atoms with van der Waals surface area (Å²) < 4.78 is 0. The summed E-state index contributed by atoms with van der Waals surface area (Å²) in [4.78, 5) is 28.6. The van der Waals surface area contributed by atoms with Gasteiger partial charge in [0.05, 0.1) is 16.2 Å². The summed E-state index contributed by atoms with van der Waals surface area (Å²) in [5, 5.41) is 10.8. The molecule has 0 saturated carbocycles. The Morgan fingerprint density at radius 2 is 2.20 bits per heavy atom. The third-order valence-corrected chi connectivity index (χ3v) is 3.82. The molecule has 0 aliphatic carbocycles. The summed E-state index contributed by atoms with van der Waals surface area (Å²) >= 11 is 0. The van der Waals surface area contributed by atoms with E-state index in [9.17, 15) is 14.9 Å². The number of aromatic nitrogens is 1. The average molecular weight is 277 g/mol. The van der Waals surface area contributed by atoms with Crippen molar-refractivity contribution in [2.24, 2.45) is 5.92 Å². The maximum absolute atomic E-state index is 12.5. The van der Waals surface area contributed by atoms with Crippen LogP contribution in [0.25, 0.3) is 0 Å². The molecule has 1 atom stereocenters. The fourth-order valence-corrected chi connectivity index (χ4v) is 2.47. The molecule has 2 rings (SSSR count). The molecule has 1 aliphatic heterocycles. The van der Waals surface area contributed by atoms with E-state index in [4.69, 9.17) is 0 Å². The fourth-order valence-electron chi connectivity index (χ4n) is 2.47. The van der Waals surface area contributed by atoms with E-state index in [2.05, 4.69) is 11.9 Å². The highest BCUT2D eigenvalue weighted by atomic mass is 16.6. The molecule has 0 aromatic carbocycles. The number of carbonyl (C=O) groups is 1. The number of nitrogens with zero attached hydrogens (tertiary/aromatic N) is 3. The number of aryl methyl sites for hydroxylation is 1. The van der Waals surface area contributed by atoms with Crippen molar-refractivity contribution in [2.45, 2.75) is 33.1 Å². The van der Waals surface area contributed by atoms with Crippen molar-refractivity contribution in [1.82, 2.24) is 9.88 Å². The molecule has 1 aliphatic rings. The number of hydrogen-bond donors (Lipinski definition) is 0. The maximum Gasteiger partial charge on any atom is 0.288 e. The third kappa shape index (κ3) is 3.12. The molecule has 108 valence electrons. The molecule has 2 heterocycles. The van der Waals surface area contributed by atoms with E-state index in [0.717, 1.165) is 19.3 Å². The number of pyridine rings is 1. The van der Waals surface area contributed by atoms with Gasteiger partial charge in [0, 0.05) is 19.2 Å². The van der Waals surface area contributed by atoms with Crippen molar-refractivity contribution in [3.05, 3.63) is 33.6 Å². The zero-order valence-corrected chi connectivity index (χ0v) is 11.8. The van der Waals surface area contributed by atoms with E-state index < -0.39 is 4.92 Å². The van der Waals surface area contributed by atoms with Gasteiger partial charge in [-0.1, -0.05) is 6.92 Å². The lowest BCUT2D eigenvalue weighted by atomic mass is 10.0. The Morgan fingerprint density at radius 3 is 2.90 bits per heavy atom. The number of carbonyl (C=O) groups excluding carboxylic acids is 1. The van der Waals surface area contributed by atoms with Gasteiger partial charge in [-0.15, -0.1) is 0 Å². The first-order chi connectivity index (χ1) is 9.49. The Balaban J connectivity index is 2.23. The van der Waals surface area contributed by atoms with Crippen molar-refractivity contribution >= 4 is 11.6 Å². The second kappa shape index (κ2) is 5.98. The van der Waals surface area contributed by atoms with E-state index in [1.165, 1.54) is 12.3 Å². The number of rotatable bonds is 2. The lowest BCUT2D eigenvalue weighted by Gasteiger charge is -2.21. The van der Waals surface area contributed by atoms with Gasteiger partial charge in [-0.05, 0) is 32.1 Å². The lowest BCUT2D eigenvalue weighted by molar-refractivity contribution is -0.385. The molecular weight excluding hydrogens is 258 g/mol. The van der Waals surface area contributed by atoms with Crippen molar-refractivity contribution in [3.63, 3.8) is 0 Å². The average Bonchev–Trinajstić information content (AvgIpc) is 2.63. The fraction of sp³-hybridized carbons (Fsp3) is 0.571. The molecule has 0 spiro atoms. The van der Waals surface area contributed by atoms with Crippen molar-refractivity contribution in [3.8, 4) is 0 Å². The zero-order chi connectivity index (χ0) is 14.7. The van der Waals surface area contributed by atoms with E-state index >= 15 is 0 Å². The highest BCUT2D eigenvalue weighted by molar-refractivity contribution is 5.95. The molecular formula is C14H19N3O3. The zero-order valence-electron chi connectivity index (χ0n) is 11.8. The van der Waals surface area contributed by atoms with Crippen LogP contribution in [-0.4, -0.2) is 33.8 Å². The number of likely N-dealkylation sites (tertiary alicyclic amines) is 1. The smallest absolute Gasteiger partial charge is 0.288 e. The molecule has 1 saturated heterocycles. The van der Waals surface area contributed by atoms with Gasteiger partial charge in [0.1, 0.15) is 6.20 Å². The van der Waals surface area contributed by atoms with Gasteiger partial charge in [0.2, 0.25) is 0 Å². The molecule has 1 aromatic rings. The van der Waals surface area contributed by atoms with Gasteiger partial charge in [-0.3, -0.25) is 19.9 Å². The van der Waals surface area contributed by atoms with Crippen LogP contribution in [0.1, 0.15) is 42.2 Å². The summed E-state index contributed by atoms with van der Waals surface area (Å²) in [5.74, 6) is 0.477. The topological polar surface area (TPSA) is 76.3 Å². The van der Waals surface area contributed by atoms with E-state index in [1.54, 1.807) is 11.8 Å².